The van der Waals surface area contributed by atoms with E-state index in [1.807, 2.05) is 0 Å². The summed E-state index contributed by atoms with van der Waals surface area (Å²) in [4.78, 5) is 1.67. The molecule has 0 N–H and O–H groups in total. The molecule has 16 heavy (non-hydrogen) atoms. The van der Waals surface area contributed by atoms with Crippen molar-refractivity contribution in [3.63, 3.8) is 0 Å². The Morgan fingerprint density at radius 2 is 1.50 bits per heavy atom. The van der Waals surface area contributed by atoms with E-state index in [2.05, 4.69) is 70.7 Å². The third-order valence-corrected chi connectivity index (χ3v) is 7.41. The van der Waals surface area contributed by atoms with Crippen molar-refractivity contribution >= 4 is 21.2 Å². The quantitative estimate of drug-likeness (QED) is 0.521. The van der Waals surface area contributed by atoms with Gasteiger partial charge in [0, 0.05) is 5.16 Å². The van der Waals surface area contributed by atoms with Gasteiger partial charge in [0.2, 0.25) is 0 Å². The molecule has 0 fully saturated rings. The van der Waals surface area contributed by atoms with Crippen LogP contribution in [0.1, 0.15) is 26.3 Å². The topological polar surface area (TPSA) is 0 Å². The molecule has 0 aliphatic carbocycles. The summed E-state index contributed by atoms with van der Waals surface area (Å²) >= 11 is 0. The van der Waals surface area contributed by atoms with Gasteiger partial charge in [0.05, 0.1) is 8.07 Å². The van der Waals surface area contributed by atoms with Crippen LogP contribution in [0.4, 0.5) is 0 Å². The largest absolute Gasteiger partial charge is 0.0989 e. The minimum absolute atomic E-state index is 0.353. The van der Waals surface area contributed by atoms with E-state index >= 15 is 0 Å². The first-order chi connectivity index (χ1) is 7.20. The van der Waals surface area contributed by atoms with Gasteiger partial charge in [0.1, 0.15) is 0 Å². The fourth-order valence-corrected chi connectivity index (χ4v) is 5.93. The Balaban J connectivity index is 3.24. The fraction of sp³-hybridized carbons (Fsp3) is 0.500. The van der Waals surface area contributed by atoms with Crippen molar-refractivity contribution in [2.45, 2.75) is 45.6 Å². The Kier molecular flexibility index (Phi) is 4.15. The van der Waals surface area contributed by atoms with Crippen molar-refractivity contribution in [2.75, 3.05) is 0 Å². The lowest BCUT2D eigenvalue weighted by Gasteiger charge is -2.25. The molecule has 88 valence electrons. The molecular weight excluding hydrogens is 227 g/mol. The summed E-state index contributed by atoms with van der Waals surface area (Å²) < 4.78 is 0. The molecule has 1 aromatic carbocycles. The first-order valence-corrected chi connectivity index (χ1v) is 10.3. The smallest absolute Gasteiger partial charge is 0.0838 e. The standard InChI is InChI=1S/C14H23PSi/c1-14(2,3)15-13(16(4,5)6)12-10-8-7-9-11-12/h7-11H,1-6H3. The third-order valence-electron chi connectivity index (χ3n) is 2.20. The molecule has 0 nitrogen and oxygen atoms in total. The van der Waals surface area contributed by atoms with Gasteiger partial charge in [-0.2, -0.15) is 0 Å². The summed E-state index contributed by atoms with van der Waals surface area (Å²) in [6, 6.07) is 10.9. The summed E-state index contributed by atoms with van der Waals surface area (Å²) in [5.41, 5.74) is 1.44. The van der Waals surface area contributed by atoms with Crippen LogP contribution < -0.4 is 0 Å². The van der Waals surface area contributed by atoms with E-state index in [1.165, 1.54) is 13.8 Å². The fourth-order valence-electron chi connectivity index (χ4n) is 1.60. The van der Waals surface area contributed by atoms with Gasteiger partial charge in [-0.1, -0.05) is 78.9 Å². The summed E-state index contributed by atoms with van der Waals surface area (Å²) in [6.45, 7) is 14.3. The van der Waals surface area contributed by atoms with Crippen LogP contribution in [0.2, 0.25) is 19.6 Å². The SMILES string of the molecule is CC(C)(C)P=C(c1ccccc1)[Si](C)(C)C. The maximum atomic E-state index is 2.44. The van der Waals surface area contributed by atoms with Crippen molar-refractivity contribution in [2.24, 2.45) is 0 Å². The Labute approximate surface area is 103 Å². The monoisotopic (exact) mass is 250 g/mol. The molecule has 0 spiro atoms. The molecule has 0 aliphatic rings. The van der Waals surface area contributed by atoms with Crippen LogP contribution in [0.3, 0.4) is 0 Å². The molecule has 0 bridgehead atoms. The third kappa shape index (κ3) is 4.23. The predicted molar refractivity (Wildman–Crippen MR) is 80.6 cm³/mol. The van der Waals surface area contributed by atoms with Crippen molar-refractivity contribution < 1.29 is 0 Å². The molecule has 1 aromatic rings. The molecule has 0 saturated heterocycles. The maximum Gasteiger partial charge on any atom is 0.0838 e. The molecular formula is C14H23PSi. The molecule has 0 saturated carbocycles. The molecule has 0 atom stereocenters. The Morgan fingerprint density at radius 3 is 1.88 bits per heavy atom. The van der Waals surface area contributed by atoms with Crippen LogP contribution in [0.15, 0.2) is 30.3 Å². The highest BCUT2D eigenvalue weighted by molar-refractivity contribution is 7.53. The van der Waals surface area contributed by atoms with Crippen molar-refractivity contribution in [3.05, 3.63) is 35.9 Å². The lowest BCUT2D eigenvalue weighted by molar-refractivity contribution is 0.802. The van der Waals surface area contributed by atoms with Crippen LogP contribution in [-0.2, 0) is 0 Å². The lowest BCUT2D eigenvalue weighted by atomic mass is 10.2. The van der Waals surface area contributed by atoms with E-state index in [-0.39, 0.29) is 0 Å². The summed E-state index contributed by atoms with van der Waals surface area (Å²) in [7, 11) is 0.257. The number of hydrogen-bond donors (Lipinski definition) is 0. The Hall–Kier alpha value is -0.393. The van der Waals surface area contributed by atoms with Crippen molar-refractivity contribution in [1.29, 1.82) is 0 Å². The summed E-state index contributed by atoms with van der Waals surface area (Å²) in [5, 5.41) is 0.353. The number of rotatable bonds is 2. The van der Waals surface area contributed by atoms with Gasteiger partial charge in [0.25, 0.3) is 0 Å². The van der Waals surface area contributed by atoms with Crippen LogP contribution in [0, 0.1) is 0 Å². The van der Waals surface area contributed by atoms with E-state index in [0.717, 1.165) is 0 Å². The average Bonchev–Trinajstić information content (AvgIpc) is 2.13. The van der Waals surface area contributed by atoms with Gasteiger partial charge in [-0.25, -0.2) is 0 Å². The minimum Gasteiger partial charge on any atom is -0.0989 e. The summed E-state index contributed by atoms with van der Waals surface area (Å²) in [5.74, 6) is 0. The van der Waals surface area contributed by atoms with E-state index in [9.17, 15) is 0 Å². The Morgan fingerprint density at radius 1 is 1.00 bits per heavy atom. The molecule has 0 aliphatic heterocycles. The Bertz CT molecular complexity index is 366. The summed E-state index contributed by atoms with van der Waals surface area (Å²) in [6.07, 6.45) is 0. The van der Waals surface area contributed by atoms with Gasteiger partial charge < -0.3 is 0 Å². The van der Waals surface area contributed by atoms with Crippen LogP contribution in [0.5, 0.6) is 0 Å². The second-order valence-corrected chi connectivity index (χ2v) is 13.7. The van der Waals surface area contributed by atoms with Crippen LogP contribution in [0.25, 0.3) is 0 Å². The molecule has 0 aromatic heterocycles. The molecule has 0 radical (unpaired) electrons. The van der Waals surface area contributed by atoms with E-state index < -0.39 is 8.07 Å². The van der Waals surface area contributed by atoms with Gasteiger partial charge >= 0.3 is 0 Å². The van der Waals surface area contributed by atoms with Gasteiger partial charge in [-0.05, 0) is 10.5 Å². The minimum atomic E-state index is -1.23. The zero-order chi connectivity index (χ0) is 12.4. The van der Waals surface area contributed by atoms with E-state index in [0.29, 0.717) is 5.16 Å². The van der Waals surface area contributed by atoms with Gasteiger partial charge in [-0.3, -0.25) is 0 Å². The first-order valence-electron chi connectivity index (χ1n) is 5.86. The molecule has 2 heteroatoms. The van der Waals surface area contributed by atoms with Gasteiger partial charge in [0.15, 0.2) is 0 Å². The highest BCUT2D eigenvalue weighted by Crippen LogP contribution is 2.29. The predicted octanol–water partition coefficient (Wildman–Crippen LogP) is 4.83. The van der Waals surface area contributed by atoms with E-state index in [4.69, 9.17) is 0 Å². The van der Waals surface area contributed by atoms with Crippen molar-refractivity contribution in [1.82, 2.24) is 0 Å². The van der Waals surface area contributed by atoms with Crippen LogP contribution >= 0.6 is 8.20 Å². The molecule has 0 amide bonds. The number of hydrogen-bond acceptors (Lipinski definition) is 0. The van der Waals surface area contributed by atoms with Gasteiger partial charge in [-0.15, -0.1) is 0 Å². The zero-order valence-electron chi connectivity index (χ0n) is 11.3. The molecule has 1 rings (SSSR count). The molecule has 0 unspecified atom stereocenters. The highest BCUT2D eigenvalue weighted by Gasteiger charge is 2.23. The normalized spacial score (nSPS) is 14.0. The van der Waals surface area contributed by atoms with E-state index in [1.54, 1.807) is 4.92 Å². The second-order valence-electron chi connectivity index (χ2n) is 6.25. The van der Waals surface area contributed by atoms with Crippen molar-refractivity contribution in [3.8, 4) is 0 Å². The number of benzene rings is 1. The second kappa shape index (κ2) is 4.85. The average molecular weight is 250 g/mol. The highest BCUT2D eigenvalue weighted by atomic mass is 31.1. The van der Waals surface area contributed by atoms with Crippen LogP contribution in [-0.4, -0.2) is 18.1 Å². The molecule has 0 heterocycles. The first kappa shape index (κ1) is 13.7. The maximum absolute atomic E-state index is 2.44. The zero-order valence-corrected chi connectivity index (χ0v) is 13.2. The lowest BCUT2D eigenvalue weighted by Crippen LogP contribution is -2.34.